The fraction of sp³-hybridized carbons (Fsp3) is 1.00. The van der Waals surface area contributed by atoms with Crippen LogP contribution in [0.1, 0.15) is 85.5 Å². The number of hydrogen-bond acceptors (Lipinski definition) is 4. The van der Waals surface area contributed by atoms with E-state index in [9.17, 15) is 0 Å². The molecule has 0 amide bonds. The zero-order chi connectivity index (χ0) is 15.1. The third-order valence-corrected chi connectivity index (χ3v) is 3.12. The number of unbranched alkanes of at least 4 members (excludes halogenated alkanes) is 5. The molecule has 0 aliphatic heterocycles. The zero-order valence-electron chi connectivity index (χ0n) is 13.9. The van der Waals surface area contributed by atoms with Crippen LogP contribution in [0, 0.1) is 0 Å². The molecule has 0 aromatic heterocycles. The highest BCUT2D eigenvalue weighted by Crippen LogP contribution is 2.22. The number of rotatable bonds is 15. The molecule has 122 valence electrons. The smallest absolute Gasteiger partial charge is 0.231 e. The molecule has 0 spiro atoms. The molecular formula is C16H34O4. The first-order valence-corrected chi connectivity index (χ1v) is 8.29. The average Bonchev–Trinajstić information content (AvgIpc) is 2.45. The summed E-state index contributed by atoms with van der Waals surface area (Å²) in [7, 11) is 0. The SMILES string of the molecule is CCCCCCC(C)(OOCCCC)OOCCCC. The Hall–Kier alpha value is -0.160. The second-order valence-corrected chi connectivity index (χ2v) is 5.46. The van der Waals surface area contributed by atoms with Crippen LogP contribution in [0.25, 0.3) is 0 Å². The van der Waals surface area contributed by atoms with Crippen molar-refractivity contribution < 1.29 is 19.6 Å². The molecule has 0 rings (SSSR count). The topological polar surface area (TPSA) is 36.9 Å². The van der Waals surface area contributed by atoms with Crippen molar-refractivity contribution in [2.24, 2.45) is 0 Å². The minimum Gasteiger partial charge on any atom is -0.234 e. The highest BCUT2D eigenvalue weighted by atomic mass is 17.3. The van der Waals surface area contributed by atoms with Crippen LogP contribution in [0.4, 0.5) is 0 Å². The molecular weight excluding hydrogens is 256 g/mol. The van der Waals surface area contributed by atoms with E-state index in [4.69, 9.17) is 19.6 Å². The molecule has 0 N–H and O–H groups in total. The van der Waals surface area contributed by atoms with Crippen LogP contribution in [-0.4, -0.2) is 19.0 Å². The monoisotopic (exact) mass is 290 g/mol. The number of hydrogen-bond donors (Lipinski definition) is 0. The summed E-state index contributed by atoms with van der Waals surface area (Å²) in [5, 5.41) is 0. The van der Waals surface area contributed by atoms with Crippen LogP contribution in [-0.2, 0) is 19.6 Å². The van der Waals surface area contributed by atoms with Crippen molar-refractivity contribution in [3.8, 4) is 0 Å². The van der Waals surface area contributed by atoms with Gasteiger partial charge in [0.05, 0.1) is 13.2 Å². The Labute approximate surface area is 125 Å². The van der Waals surface area contributed by atoms with Gasteiger partial charge in [0.2, 0.25) is 5.79 Å². The van der Waals surface area contributed by atoms with Gasteiger partial charge >= 0.3 is 0 Å². The lowest BCUT2D eigenvalue weighted by Crippen LogP contribution is -2.33. The van der Waals surface area contributed by atoms with Crippen LogP contribution in [0.2, 0.25) is 0 Å². The molecule has 0 aromatic rings. The quantitative estimate of drug-likeness (QED) is 0.180. The summed E-state index contributed by atoms with van der Waals surface area (Å²) in [6.45, 7) is 9.53. The maximum atomic E-state index is 5.44. The molecule has 4 nitrogen and oxygen atoms in total. The molecule has 0 unspecified atom stereocenters. The Morgan fingerprint density at radius 2 is 1.15 bits per heavy atom. The normalized spacial score (nSPS) is 12.0. The largest absolute Gasteiger partial charge is 0.234 e. The van der Waals surface area contributed by atoms with Gasteiger partial charge in [-0.25, -0.2) is 9.78 Å². The fourth-order valence-corrected chi connectivity index (χ4v) is 1.71. The summed E-state index contributed by atoms with van der Waals surface area (Å²) in [6.07, 6.45) is 9.63. The molecule has 0 radical (unpaired) electrons. The van der Waals surface area contributed by atoms with Gasteiger partial charge in [0, 0.05) is 6.42 Å². The third-order valence-electron chi connectivity index (χ3n) is 3.12. The Bertz CT molecular complexity index is 166. The van der Waals surface area contributed by atoms with Crippen molar-refractivity contribution >= 4 is 0 Å². The van der Waals surface area contributed by atoms with Crippen LogP contribution in [0.15, 0.2) is 0 Å². The minimum atomic E-state index is -0.796. The molecule has 0 fully saturated rings. The van der Waals surface area contributed by atoms with E-state index in [0.29, 0.717) is 13.2 Å². The molecule has 0 saturated carbocycles. The summed E-state index contributed by atoms with van der Waals surface area (Å²) >= 11 is 0. The van der Waals surface area contributed by atoms with Crippen LogP contribution in [0.5, 0.6) is 0 Å². The minimum absolute atomic E-state index is 0.597. The Balaban J connectivity index is 3.98. The molecule has 0 aromatic carbocycles. The Kier molecular flexibility index (Phi) is 13.7. The Morgan fingerprint density at radius 3 is 1.60 bits per heavy atom. The van der Waals surface area contributed by atoms with Crippen molar-refractivity contribution in [3.63, 3.8) is 0 Å². The molecule has 0 heterocycles. The first-order valence-electron chi connectivity index (χ1n) is 8.29. The summed E-state index contributed by atoms with van der Waals surface area (Å²) in [5.41, 5.74) is 0. The van der Waals surface area contributed by atoms with Gasteiger partial charge in [0.1, 0.15) is 0 Å². The third kappa shape index (κ3) is 11.6. The molecule has 0 atom stereocenters. The van der Waals surface area contributed by atoms with Crippen molar-refractivity contribution in [1.29, 1.82) is 0 Å². The van der Waals surface area contributed by atoms with E-state index in [1.54, 1.807) is 0 Å². The van der Waals surface area contributed by atoms with Gasteiger partial charge in [-0.15, -0.1) is 0 Å². The van der Waals surface area contributed by atoms with E-state index < -0.39 is 5.79 Å². The summed E-state index contributed by atoms with van der Waals surface area (Å²) in [5.74, 6) is -0.796. The fourth-order valence-electron chi connectivity index (χ4n) is 1.71. The van der Waals surface area contributed by atoms with E-state index in [1.165, 1.54) is 19.3 Å². The average molecular weight is 290 g/mol. The van der Waals surface area contributed by atoms with Crippen LogP contribution in [0.3, 0.4) is 0 Å². The molecule has 20 heavy (non-hydrogen) atoms. The standard InChI is InChI=1S/C16H34O4/c1-5-8-11-12-13-16(4,19-17-14-9-6-2)20-18-15-10-7-3/h5-15H2,1-4H3. The maximum absolute atomic E-state index is 5.44. The van der Waals surface area contributed by atoms with Gasteiger partial charge in [0.15, 0.2) is 0 Å². The van der Waals surface area contributed by atoms with Gasteiger partial charge in [-0.2, -0.15) is 9.78 Å². The van der Waals surface area contributed by atoms with Crippen LogP contribution < -0.4 is 0 Å². The molecule has 0 bridgehead atoms. The van der Waals surface area contributed by atoms with Crippen molar-refractivity contribution in [3.05, 3.63) is 0 Å². The molecule has 4 heteroatoms. The summed E-state index contributed by atoms with van der Waals surface area (Å²) in [4.78, 5) is 21.4. The second-order valence-electron chi connectivity index (χ2n) is 5.46. The van der Waals surface area contributed by atoms with E-state index in [1.807, 2.05) is 6.92 Å². The van der Waals surface area contributed by atoms with Gasteiger partial charge in [-0.3, -0.25) is 0 Å². The van der Waals surface area contributed by atoms with E-state index in [2.05, 4.69) is 20.8 Å². The summed E-state index contributed by atoms with van der Waals surface area (Å²) < 4.78 is 0. The summed E-state index contributed by atoms with van der Waals surface area (Å²) in [6, 6.07) is 0. The predicted octanol–water partition coefficient (Wildman–Crippen LogP) is 5.17. The van der Waals surface area contributed by atoms with Crippen molar-refractivity contribution in [2.45, 2.75) is 91.3 Å². The zero-order valence-corrected chi connectivity index (χ0v) is 13.9. The van der Waals surface area contributed by atoms with Gasteiger partial charge in [-0.1, -0.05) is 52.9 Å². The lowest BCUT2D eigenvalue weighted by molar-refractivity contribution is -0.507. The van der Waals surface area contributed by atoms with E-state index >= 15 is 0 Å². The van der Waals surface area contributed by atoms with Gasteiger partial charge < -0.3 is 0 Å². The highest BCUT2D eigenvalue weighted by Gasteiger charge is 2.29. The van der Waals surface area contributed by atoms with Crippen molar-refractivity contribution in [1.82, 2.24) is 0 Å². The highest BCUT2D eigenvalue weighted by molar-refractivity contribution is 4.60. The molecule has 0 saturated heterocycles. The lowest BCUT2D eigenvalue weighted by atomic mass is 10.1. The Morgan fingerprint density at radius 1 is 0.650 bits per heavy atom. The second kappa shape index (κ2) is 13.8. The van der Waals surface area contributed by atoms with E-state index in [0.717, 1.165) is 38.5 Å². The molecule has 0 aliphatic carbocycles. The predicted molar refractivity (Wildman–Crippen MR) is 81.1 cm³/mol. The van der Waals surface area contributed by atoms with Crippen molar-refractivity contribution in [2.75, 3.05) is 13.2 Å². The first kappa shape index (κ1) is 19.8. The first-order chi connectivity index (χ1) is 9.68. The maximum Gasteiger partial charge on any atom is 0.231 e. The lowest BCUT2D eigenvalue weighted by Gasteiger charge is -2.26. The van der Waals surface area contributed by atoms with Crippen LogP contribution >= 0.6 is 0 Å². The molecule has 0 aliphatic rings. The van der Waals surface area contributed by atoms with Gasteiger partial charge in [-0.05, 0) is 26.2 Å². The van der Waals surface area contributed by atoms with E-state index in [-0.39, 0.29) is 0 Å². The van der Waals surface area contributed by atoms with Gasteiger partial charge in [0.25, 0.3) is 0 Å².